The molecule has 0 saturated carbocycles. The number of hydrogen-bond acceptors (Lipinski definition) is 0. The summed E-state index contributed by atoms with van der Waals surface area (Å²) in [6.07, 6.45) is 0. The minimum Gasteiger partial charge on any atom is -0.0622 e. The maximum atomic E-state index is 2.56. The van der Waals surface area contributed by atoms with Crippen LogP contribution < -0.4 is 0 Å². The van der Waals surface area contributed by atoms with E-state index in [2.05, 4.69) is 303 Å². The van der Waals surface area contributed by atoms with Gasteiger partial charge in [0.15, 0.2) is 0 Å². The van der Waals surface area contributed by atoms with E-state index in [1.807, 2.05) is 0 Å². The van der Waals surface area contributed by atoms with Crippen LogP contribution in [0.1, 0.15) is 0 Å². The topological polar surface area (TPSA) is 0 Å². The van der Waals surface area contributed by atoms with Crippen molar-refractivity contribution in [1.29, 1.82) is 0 Å². The van der Waals surface area contributed by atoms with Crippen molar-refractivity contribution >= 4 is 64.6 Å². The van der Waals surface area contributed by atoms with E-state index in [0.29, 0.717) is 0 Å². The molecular weight excluding hydrogens is 961 g/mol. The summed E-state index contributed by atoms with van der Waals surface area (Å²) in [6, 6.07) is 113. The molecule has 0 aliphatic rings. The van der Waals surface area contributed by atoms with Crippen molar-refractivity contribution in [1.82, 2.24) is 0 Å². The highest BCUT2D eigenvalue weighted by molar-refractivity contribution is 6.36. The molecular formula is C80H50. The molecule has 0 amide bonds. The molecule has 16 rings (SSSR count). The summed E-state index contributed by atoms with van der Waals surface area (Å²) in [6.45, 7) is 0. The van der Waals surface area contributed by atoms with Gasteiger partial charge in [-0.2, -0.15) is 0 Å². The van der Waals surface area contributed by atoms with Gasteiger partial charge in [-0.25, -0.2) is 0 Å². The minimum absolute atomic E-state index is 1.19. The van der Waals surface area contributed by atoms with Gasteiger partial charge in [0.2, 0.25) is 0 Å². The molecule has 0 nitrogen and oxygen atoms in total. The molecule has 0 saturated heterocycles. The molecule has 16 aromatic carbocycles. The molecule has 370 valence electrons. The Bertz CT molecular complexity index is 4670. The van der Waals surface area contributed by atoms with Crippen LogP contribution in [-0.2, 0) is 0 Å². The molecule has 0 heterocycles. The second kappa shape index (κ2) is 18.7. The van der Waals surface area contributed by atoms with Gasteiger partial charge >= 0.3 is 0 Å². The Balaban J connectivity index is 1.08. The zero-order chi connectivity index (χ0) is 52.7. The van der Waals surface area contributed by atoms with Gasteiger partial charge < -0.3 is 0 Å². The van der Waals surface area contributed by atoms with Crippen molar-refractivity contribution in [2.45, 2.75) is 0 Å². The quantitative estimate of drug-likeness (QED) is 0.126. The van der Waals surface area contributed by atoms with Crippen LogP contribution in [0.3, 0.4) is 0 Å². The monoisotopic (exact) mass is 1010 g/mol. The molecule has 0 spiro atoms. The molecule has 0 aromatic heterocycles. The van der Waals surface area contributed by atoms with Crippen LogP contribution >= 0.6 is 0 Å². The number of benzene rings is 16. The first kappa shape index (κ1) is 45.8. The van der Waals surface area contributed by atoms with E-state index in [1.165, 1.54) is 165 Å². The van der Waals surface area contributed by atoms with E-state index in [1.54, 1.807) is 0 Å². The van der Waals surface area contributed by atoms with Crippen molar-refractivity contribution in [2.24, 2.45) is 0 Å². The van der Waals surface area contributed by atoms with Gasteiger partial charge in [-0.3, -0.25) is 0 Å². The Labute approximate surface area is 465 Å². The first-order valence-corrected chi connectivity index (χ1v) is 27.8. The molecule has 0 unspecified atom stereocenters. The highest BCUT2D eigenvalue weighted by atomic mass is 14.3. The van der Waals surface area contributed by atoms with E-state index in [4.69, 9.17) is 0 Å². The normalized spacial score (nSPS) is 11.8. The van der Waals surface area contributed by atoms with E-state index < -0.39 is 0 Å². The predicted molar refractivity (Wildman–Crippen MR) is 343 cm³/mol. The van der Waals surface area contributed by atoms with Crippen molar-refractivity contribution in [3.05, 3.63) is 303 Å². The lowest BCUT2D eigenvalue weighted by Gasteiger charge is -2.25. The SMILES string of the molecule is c1ccc(-c2ccccc2-c2cc(-c3ccccc3)c3cc(-c4cc5c(-c6ccccc6)cc(-c6ccccc6-c6ccccc6)c6ccc7c(-c8ccccc8)ccc4c7c56)c4ccc(-c5ccccc5)c5ccc2c3c54)cc1. The van der Waals surface area contributed by atoms with Gasteiger partial charge in [0.1, 0.15) is 0 Å². The Morgan fingerprint density at radius 1 is 0.113 bits per heavy atom. The first-order valence-electron chi connectivity index (χ1n) is 27.8. The Morgan fingerprint density at radius 3 is 0.637 bits per heavy atom. The first-order chi connectivity index (χ1) is 39.7. The second-order valence-corrected chi connectivity index (χ2v) is 21.3. The van der Waals surface area contributed by atoms with E-state index in [0.717, 1.165) is 0 Å². The summed E-state index contributed by atoms with van der Waals surface area (Å²) in [5.41, 5.74) is 21.9. The van der Waals surface area contributed by atoms with Crippen molar-refractivity contribution in [2.75, 3.05) is 0 Å². The molecule has 0 atom stereocenters. The predicted octanol–water partition coefficient (Wildman–Crippen LogP) is 22.5. The Hall–Kier alpha value is -10.4. The highest BCUT2D eigenvalue weighted by Gasteiger charge is 2.26. The van der Waals surface area contributed by atoms with Gasteiger partial charge in [-0.15, -0.1) is 0 Å². The molecule has 0 radical (unpaired) electrons. The minimum atomic E-state index is 1.19. The van der Waals surface area contributed by atoms with Crippen LogP contribution in [0.5, 0.6) is 0 Å². The standard InChI is InChI=1S/C80H50/c1-7-23-51(24-8-1)57-35-19-21-37-61(57)71-47-69(55-31-15-5-16-32-55)75-49-73(67-41-39-59(53-27-11-3-12-28-53)63-43-45-65(71)79(75)77(63)67)74-50-76-70(56-33-17-6-18-34-56)48-72(62-38-22-20-36-58(62)52-25-9-2-10-26-52)66-46-44-64-60(54-29-13-4-14-30-54)40-42-68(74)78(64)80(66)76/h1-50H. The van der Waals surface area contributed by atoms with Crippen molar-refractivity contribution < 1.29 is 0 Å². The van der Waals surface area contributed by atoms with Crippen LogP contribution in [0.4, 0.5) is 0 Å². The van der Waals surface area contributed by atoms with Crippen molar-refractivity contribution in [3.8, 4) is 100 Å². The summed E-state index contributed by atoms with van der Waals surface area (Å²) in [5.74, 6) is 0. The average molecular weight is 1010 g/mol. The lowest BCUT2D eigenvalue weighted by atomic mass is 9.78. The number of rotatable bonds is 9. The molecule has 0 bridgehead atoms. The zero-order valence-electron chi connectivity index (χ0n) is 43.9. The molecule has 0 N–H and O–H groups in total. The Morgan fingerprint density at radius 2 is 0.325 bits per heavy atom. The third-order valence-electron chi connectivity index (χ3n) is 17.0. The fourth-order valence-electron chi connectivity index (χ4n) is 13.5. The van der Waals surface area contributed by atoms with Gasteiger partial charge in [0.05, 0.1) is 0 Å². The van der Waals surface area contributed by atoms with Gasteiger partial charge in [-0.1, -0.05) is 279 Å². The van der Waals surface area contributed by atoms with Crippen LogP contribution in [0, 0.1) is 0 Å². The van der Waals surface area contributed by atoms with Gasteiger partial charge in [-0.05, 0) is 189 Å². The second-order valence-electron chi connectivity index (χ2n) is 21.3. The summed E-state index contributed by atoms with van der Waals surface area (Å²) >= 11 is 0. The smallest absolute Gasteiger partial charge is 0.00137 e. The molecule has 0 aliphatic carbocycles. The molecule has 80 heavy (non-hydrogen) atoms. The van der Waals surface area contributed by atoms with E-state index in [-0.39, 0.29) is 0 Å². The maximum Gasteiger partial charge on any atom is -0.00137 e. The van der Waals surface area contributed by atoms with Crippen LogP contribution in [0.2, 0.25) is 0 Å². The van der Waals surface area contributed by atoms with Crippen molar-refractivity contribution in [3.63, 3.8) is 0 Å². The summed E-state index contributed by atoms with van der Waals surface area (Å²) in [7, 11) is 0. The van der Waals surface area contributed by atoms with E-state index >= 15 is 0 Å². The average Bonchev–Trinajstić information content (AvgIpc) is 3.56. The van der Waals surface area contributed by atoms with Crippen LogP contribution in [0.15, 0.2) is 303 Å². The Kier molecular flexibility index (Phi) is 10.7. The fraction of sp³-hybridized carbons (Fsp3) is 0. The van der Waals surface area contributed by atoms with Crippen LogP contribution in [-0.4, -0.2) is 0 Å². The molecule has 0 heteroatoms. The molecule has 0 fully saturated rings. The lowest BCUT2D eigenvalue weighted by molar-refractivity contribution is 1.59. The summed E-state index contributed by atoms with van der Waals surface area (Å²) in [5, 5.41) is 15.1. The largest absolute Gasteiger partial charge is 0.0622 e. The maximum absolute atomic E-state index is 2.56. The highest BCUT2D eigenvalue weighted by Crippen LogP contribution is 2.54. The van der Waals surface area contributed by atoms with E-state index in [9.17, 15) is 0 Å². The van der Waals surface area contributed by atoms with Crippen LogP contribution in [0.25, 0.3) is 165 Å². The summed E-state index contributed by atoms with van der Waals surface area (Å²) in [4.78, 5) is 0. The molecule has 0 aliphatic heterocycles. The van der Waals surface area contributed by atoms with Gasteiger partial charge in [0, 0.05) is 0 Å². The van der Waals surface area contributed by atoms with Gasteiger partial charge in [0.25, 0.3) is 0 Å². The lowest BCUT2D eigenvalue weighted by Crippen LogP contribution is -1.97. The number of hydrogen-bond donors (Lipinski definition) is 0. The third kappa shape index (κ3) is 7.23. The third-order valence-corrected chi connectivity index (χ3v) is 17.0. The summed E-state index contributed by atoms with van der Waals surface area (Å²) < 4.78 is 0. The zero-order valence-corrected chi connectivity index (χ0v) is 43.9. The fourth-order valence-corrected chi connectivity index (χ4v) is 13.5. The molecule has 16 aromatic rings.